The summed E-state index contributed by atoms with van der Waals surface area (Å²) in [6, 6.07) is 11.3. The van der Waals surface area contributed by atoms with E-state index >= 15 is 0 Å². The summed E-state index contributed by atoms with van der Waals surface area (Å²) in [4.78, 5) is 64.7. The summed E-state index contributed by atoms with van der Waals surface area (Å²) in [5, 5.41) is 8.75. The highest BCUT2D eigenvalue weighted by molar-refractivity contribution is 9.10. The van der Waals surface area contributed by atoms with Gasteiger partial charge in [0, 0.05) is 73.4 Å². The zero-order valence-corrected chi connectivity index (χ0v) is 37.9. The SMILES string of the molecule is COC(=O)c1cc(Br)c(C)nc1N1CCC(F)(F)CC1.COC(=O)c1ccc(C)nc1Cl.COC(=O)c1ccc(C)nc1N1CCC(F)(F)CC1.Cc1ccc(C(=O)O)c(Cl)n1. The van der Waals surface area contributed by atoms with Gasteiger partial charge >= 0.3 is 23.9 Å². The zero-order valence-electron chi connectivity index (χ0n) is 34.8. The average molecular weight is 977 g/mol. The molecule has 0 unspecified atom stereocenters. The van der Waals surface area contributed by atoms with Crippen LogP contribution in [0.1, 0.15) is 89.9 Å². The Balaban J connectivity index is 0.000000227. The number of methoxy groups -OCH3 is 3. The zero-order chi connectivity index (χ0) is 46.5. The van der Waals surface area contributed by atoms with E-state index in [1.165, 1.54) is 27.4 Å². The quantitative estimate of drug-likeness (QED) is 0.0838. The van der Waals surface area contributed by atoms with Gasteiger partial charge in [-0.05, 0) is 86.1 Å². The average Bonchev–Trinajstić information content (AvgIpc) is 3.21. The van der Waals surface area contributed by atoms with Gasteiger partial charge in [-0.15, -0.1) is 0 Å². The van der Waals surface area contributed by atoms with E-state index in [1.807, 2.05) is 0 Å². The van der Waals surface area contributed by atoms with E-state index in [0.29, 0.717) is 38.6 Å². The number of rotatable bonds is 6. The normalized spacial score (nSPS) is 14.9. The van der Waals surface area contributed by atoms with Crippen molar-refractivity contribution in [2.45, 2.75) is 65.2 Å². The number of nitrogens with zero attached hydrogens (tertiary/aromatic N) is 6. The van der Waals surface area contributed by atoms with E-state index in [-0.39, 0.29) is 73.3 Å². The molecule has 6 rings (SSSR count). The third-order valence-electron chi connectivity index (χ3n) is 9.16. The Hall–Kier alpha value is -5.14. The lowest BCUT2D eigenvalue weighted by atomic mass is 10.1. The molecule has 0 atom stereocenters. The van der Waals surface area contributed by atoms with Gasteiger partial charge in [0.25, 0.3) is 11.8 Å². The third-order valence-corrected chi connectivity index (χ3v) is 10.5. The molecule has 0 aliphatic carbocycles. The first-order chi connectivity index (χ1) is 29.0. The van der Waals surface area contributed by atoms with Crippen molar-refractivity contribution < 1.29 is 56.1 Å². The molecule has 0 aromatic carbocycles. The van der Waals surface area contributed by atoms with Crippen molar-refractivity contribution in [2.75, 3.05) is 57.3 Å². The maximum atomic E-state index is 13.2. The number of pyridine rings is 4. The van der Waals surface area contributed by atoms with Crippen molar-refractivity contribution in [3.05, 3.63) is 102 Å². The summed E-state index contributed by atoms with van der Waals surface area (Å²) >= 11 is 14.5. The number of carbonyl (C=O) groups excluding carboxylic acids is 3. The highest BCUT2D eigenvalue weighted by Gasteiger charge is 2.37. The van der Waals surface area contributed by atoms with E-state index in [9.17, 15) is 36.7 Å². The molecule has 2 fully saturated rings. The summed E-state index contributed by atoms with van der Waals surface area (Å²) < 4.78 is 67.4. The minimum absolute atomic E-state index is 0.0391. The molecule has 14 nitrogen and oxygen atoms in total. The fourth-order valence-electron chi connectivity index (χ4n) is 5.69. The number of carbonyl (C=O) groups is 4. The second kappa shape index (κ2) is 22.8. The predicted octanol–water partition coefficient (Wildman–Crippen LogP) is 9.16. The number of alkyl halides is 4. The summed E-state index contributed by atoms with van der Waals surface area (Å²) in [6.45, 7) is 7.85. The number of hydrogen-bond donors (Lipinski definition) is 1. The van der Waals surface area contributed by atoms with Gasteiger partial charge in [0.05, 0.1) is 38.2 Å². The standard InChI is InChI=1S/C13H15BrF2N2O2.C13H16F2N2O2.C8H8ClNO2.C7H6ClNO2/c1-8-10(14)7-9(12(19)20-2)11(17-8)18-5-3-13(15,16)4-6-18;1-9-3-4-10(12(18)19-2)11(16-9)17-7-5-13(14,15)6-8-17;1-5-3-4-6(7(9)10-5)8(11)12-2;1-4-2-3-5(7(10)11)6(8)9-4/h7H,3-6H2,1-2H3;3-4H,5-8H2,1-2H3;3-4H,1-2H3;2-3H,1H3,(H,10,11). The van der Waals surface area contributed by atoms with Gasteiger partial charge < -0.3 is 29.1 Å². The van der Waals surface area contributed by atoms with Crippen LogP contribution in [0.3, 0.4) is 0 Å². The minimum atomic E-state index is -2.63. The number of aromatic nitrogens is 4. The fraction of sp³-hybridized carbons (Fsp3) is 0.415. The number of carboxylic acids is 1. The van der Waals surface area contributed by atoms with Crippen molar-refractivity contribution in [3.63, 3.8) is 0 Å². The molecule has 0 bridgehead atoms. The molecule has 6 heterocycles. The first-order valence-electron chi connectivity index (χ1n) is 18.7. The molecule has 21 heteroatoms. The Labute approximate surface area is 374 Å². The molecule has 0 saturated carbocycles. The van der Waals surface area contributed by atoms with Gasteiger partial charge in [0.2, 0.25) is 0 Å². The summed E-state index contributed by atoms with van der Waals surface area (Å²) in [7, 11) is 3.87. The largest absolute Gasteiger partial charge is 0.478 e. The summed E-state index contributed by atoms with van der Waals surface area (Å²) in [5.41, 5.74) is 3.85. The Morgan fingerprint density at radius 3 is 1.35 bits per heavy atom. The fourth-order valence-corrected chi connectivity index (χ4v) is 6.55. The lowest BCUT2D eigenvalue weighted by molar-refractivity contribution is -0.0228. The van der Waals surface area contributed by atoms with Gasteiger partial charge in [0.15, 0.2) is 0 Å². The van der Waals surface area contributed by atoms with Crippen molar-refractivity contribution in [1.82, 2.24) is 19.9 Å². The lowest BCUT2D eigenvalue weighted by Gasteiger charge is -2.33. The number of carboxylic acid groups (broad SMARTS) is 1. The summed E-state index contributed by atoms with van der Waals surface area (Å²) in [5.74, 6) is -6.95. The molecule has 4 aromatic rings. The predicted molar refractivity (Wildman–Crippen MR) is 227 cm³/mol. The van der Waals surface area contributed by atoms with Crippen LogP contribution in [0.2, 0.25) is 10.3 Å². The molecule has 336 valence electrons. The van der Waals surface area contributed by atoms with Crippen LogP contribution in [-0.2, 0) is 14.2 Å². The molecule has 4 aromatic heterocycles. The van der Waals surface area contributed by atoms with Crippen LogP contribution in [0, 0.1) is 27.7 Å². The van der Waals surface area contributed by atoms with Gasteiger partial charge in [0.1, 0.15) is 33.1 Å². The number of piperidine rings is 2. The van der Waals surface area contributed by atoms with Crippen LogP contribution < -0.4 is 9.80 Å². The van der Waals surface area contributed by atoms with E-state index in [0.717, 1.165) is 11.4 Å². The molecular weight excluding hydrogens is 931 g/mol. The van der Waals surface area contributed by atoms with E-state index < -0.39 is 35.7 Å². The molecular formula is C41H45BrCl2F4N6O8. The Kier molecular flexibility index (Phi) is 18.8. The molecule has 0 radical (unpaired) electrons. The Morgan fingerprint density at radius 1 is 0.597 bits per heavy atom. The van der Waals surface area contributed by atoms with Crippen LogP contribution in [0.15, 0.2) is 46.9 Å². The molecule has 2 aliphatic heterocycles. The van der Waals surface area contributed by atoms with E-state index in [4.69, 9.17) is 37.8 Å². The number of ether oxygens (including phenoxy) is 3. The lowest BCUT2D eigenvalue weighted by Crippen LogP contribution is -2.40. The van der Waals surface area contributed by atoms with Gasteiger partial charge in [-0.2, -0.15) is 0 Å². The van der Waals surface area contributed by atoms with E-state index in [2.05, 4.69) is 40.6 Å². The first-order valence-corrected chi connectivity index (χ1v) is 20.2. The number of esters is 3. The highest BCUT2D eigenvalue weighted by atomic mass is 79.9. The topological polar surface area (TPSA) is 174 Å². The Bertz CT molecular complexity index is 2240. The maximum Gasteiger partial charge on any atom is 0.341 e. The van der Waals surface area contributed by atoms with E-state index in [1.54, 1.807) is 73.9 Å². The number of halogens is 7. The smallest absolute Gasteiger partial charge is 0.341 e. The molecule has 0 amide bonds. The highest BCUT2D eigenvalue weighted by Crippen LogP contribution is 2.34. The van der Waals surface area contributed by atoms with Crippen molar-refractivity contribution in [2.24, 2.45) is 0 Å². The van der Waals surface area contributed by atoms with Crippen LogP contribution in [0.5, 0.6) is 0 Å². The first kappa shape index (κ1) is 51.2. The second-order valence-electron chi connectivity index (χ2n) is 13.8. The van der Waals surface area contributed by atoms with Crippen LogP contribution >= 0.6 is 39.1 Å². The van der Waals surface area contributed by atoms with Crippen LogP contribution in [-0.4, -0.2) is 108 Å². The van der Waals surface area contributed by atoms with Gasteiger partial charge in [-0.3, -0.25) is 0 Å². The molecule has 1 N–H and O–H groups in total. The molecule has 2 aliphatic rings. The molecule has 0 spiro atoms. The van der Waals surface area contributed by atoms with Crippen molar-refractivity contribution >= 4 is 74.6 Å². The minimum Gasteiger partial charge on any atom is -0.478 e. The number of aryl methyl sites for hydroxylation is 4. The monoisotopic (exact) mass is 974 g/mol. The number of anilines is 2. The second-order valence-corrected chi connectivity index (χ2v) is 15.4. The molecule has 62 heavy (non-hydrogen) atoms. The Morgan fingerprint density at radius 2 is 0.952 bits per heavy atom. The van der Waals surface area contributed by atoms with Crippen LogP contribution in [0.25, 0.3) is 0 Å². The van der Waals surface area contributed by atoms with Gasteiger partial charge in [-0.25, -0.2) is 56.7 Å². The maximum absolute atomic E-state index is 13.2. The van der Waals surface area contributed by atoms with Crippen LogP contribution in [0.4, 0.5) is 29.2 Å². The van der Waals surface area contributed by atoms with Gasteiger partial charge in [-0.1, -0.05) is 23.2 Å². The van der Waals surface area contributed by atoms with Crippen molar-refractivity contribution in [3.8, 4) is 0 Å². The molecule has 2 saturated heterocycles. The van der Waals surface area contributed by atoms with Crippen molar-refractivity contribution in [1.29, 1.82) is 0 Å². The number of aromatic carboxylic acids is 1. The number of hydrogen-bond acceptors (Lipinski definition) is 13. The third kappa shape index (κ3) is 14.8. The summed E-state index contributed by atoms with van der Waals surface area (Å²) in [6.07, 6.45) is -0.902.